The number of nitrogens with one attached hydrogen (secondary N) is 2. The van der Waals surface area contributed by atoms with Crippen molar-refractivity contribution in [3.8, 4) is 17.2 Å². The Labute approximate surface area is 186 Å². The van der Waals surface area contributed by atoms with E-state index in [0.717, 1.165) is 0 Å². The molecule has 1 heterocycles. The number of methoxy groups -OCH3 is 1. The number of rotatable bonds is 10. The first-order chi connectivity index (χ1) is 14.9. The quantitative estimate of drug-likeness (QED) is 0.516. The SMILES string of the molecule is COc1ccc(NC(=O)CCCCCNS(=O)(=O)c2ccc3c(c2)OCCO3)cc1Cl. The van der Waals surface area contributed by atoms with Gasteiger partial charge in [-0.1, -0.05) is 18.0 Å². The van der Waals surface area contributed by atoms with Crippen LogP contribution in [0.2, 0.25) is 5.02 Å². The van der Waals surface area contributed by atoms with Gasteiger partial charge in [-0.2, -0.15) is 0 Å². The molecule has 8 nitrogen and oxygen atoms in total. The second-order valence-corrected chi connectivity index (χ2v) is 9.09. The molecule has 1 aliphatic heterocycles. The van der Waals surface area contributed by atoms with E-state index in [1.165, 1.54) is 19.2 Å². The van der Waals surface area contributed by atoms with Crippen LogP contribution in [-0.4, -0.2) is 41.2 Å². The Bertz CT molecular complexity index is 1030. The van der Waals surface area contributed by atoms with Crippen LogP contribution in [0, 0.1) is 0 Å². The molecule has 0 aromatic heterocycles. The van der Waals surface area contributed by atoms with Crippen molar-refractivity contribution in [3.05, 3.63) is 41.4 Å². The third-order valence-electron chi connectivity index (χ3n) is 4.63. The highest BCUT2D eigenvalue weighted by atomic mass is 35.5. The van der Waals surface area contributed by atoms with Crippen molar-refractivity contribution in [2.24, 2.45) is 0 Å². The Balaban J connectivity index is 1.37. The maximum Gasteiger partial charge on any atom is 0.240 e. The summed E-state index contributed by atoms with van der Waals surface area (Å²) in [6, 6.07) is 9.59. The third-order valence-corrected chi connectivity index (χ3v) is 6.39. The predicted octanol–water partition coefficient (Wildman–Crippen LogP) is 3.60. The van der Waals surface area contributed by atoms with E-state index < -0.39 is 10.0 Å². The van der Waals surface area contributed by atoms with Gasteiger partial charge in [0.15, 0.2) is 11.5 Å². The van der Waals surface area contributed by atoms with E-state index >= 15 is 0 Å². The fourth-order valence-corrected chi connectivity index (χ4v) is 4.38. The lowest BCUT2D eigenvalue weighted by Gasteiger charge is -2.18. The molecule has 2 aromatic rings. The zero-order valence-electron chi connectivity index (χ0n) is 17.1. The van der Waals surface area contributed by atoms with Gasteiger partial charge in [0, 0.05) is 24.7 Å². The van der Waals surface area contributed by atoms with Gasteiger partial charge in [-0.3, -0.25) is 4.79 Å². The molecule has 2 N–H and O–H groups in total. The number of fused-ring (bicyclic) bond motifs is 1. The molecule has 0 spiro atoms. The summed E-state index contributed by atoms with van der Waals surface area (Å²) in [6.07, 6.45) is 2.30. The van der Waals surface area contributed by atoms with E-state index in [4.69, 9.17) is 25.8 Å². The van der Waals surface area contributed by atoms with Crippen LogP contribution in [-0.2, 0) is 14.8 Å². The van der Waals surface area contributed by atoms with Gasteiger partial charge in [-0.15, -0.1) is 0 Å². The summed E-state index contributed by atoms with van der Waals surface area (Å²) in [5, 5.41) is 3.20. The smallest absolute Gasteiger partial charge is 0.240 e. The molecule has 31 heavy (non-hydrogen) atoms. The average molecular weight is 469 g/mol. The van der Waals surface area contributed by atoms with Crippen LogP contribution in [0.4, 0.5) is 5.69 Å². The molecule has 0 unspecified atom stereocenters. The number of ether oxygens (including phenoxy) is 3. The lowest BCUT2D eigenvalue weighted by molar-refractivity contribution is -0.116. The van der Waals surface area contributed by atoms with Gasteiger partial charge in [0.05, 0.1) is 17.0 Å². The maximum atomic E-state index is 12.4. The van der Waals surface area contributed by atoms with Gasteiger partial charge in [0.1, 0.15) is 19.0 Å². The Hall–Kier alpha value is -2.49. The average Bonchev–Trinajstić information content (AvgIpc) is 2.76. The van der Waals surface area contributed by atoms with Crippen LogP contribution >= 0.6 is 11.6 Å². The van der Waals surface area contributed by atoms with E-state index in [1.807, 2.05) is 0 Å². The molecule has 0 saturated heterocycles. The number of unbranched alkanes of at least 4 members (excludes halogenated alkanes) is 2. The van der Waals surface area contributed by atoms with Crippen molar-refractivity contribution >= 4 is 33.2 Å². The Morgan fingerprint density at radius 3 is 2.58 bits per heavy atom. The van der Waals surface area contributed by atoms with E-state index in [-0.39, 0.29) is 17.3 Å². The zero-order chi connectivity index (χ0) is 22.3. The molecular formula is C21H25ClN2O6S. The lowest BCUT2D eigenvalue weighted by Crippen LogP contribution is -2.25. The first kappa shape index (κ1) is 23.2. The molecule has 0 bridgehead atoms. The second-order valence-electron chi connectivity index (χ2n) is 6.91. The largest absolute Gasteiger partial charge is 0.495 e. The molecule has 0 atom stereocenters. The van der Waals surface area contributed by atoms with E-state index in [0.29, 0.717) is 66.9 Å². The number of hydrogen-bond acceptors (Lipinski definition) is 6. The van der Waals surface area contributed by atoms with Crippen LogP contribution in [0.5, 0.6) is 17.2 Å². The molecular weight excluding hydrogens is 444 g/mol. The van der Waals surface area contributed by atoms with Gasteiger partial charge in [-0.05, 0) is 43.2 Å². The van der Waals surface area contributed by atoms with Crippen molar-refractivity contribution in [1.29, 1.82) is 0 Å². The zero-order valence-corrected chi connectivity index (χ0v) is 18.7. The number of sulfonamides is 1. The highest BCUT2D eigenvalue weighted by Gasteiger charge is 2.19. The van der Waals surface area contributed by atoms with Crippen molar-refractivity contribution in [3.63, 3.8) is 0 Å². The fraction of sp³-hybridized carbons (Fsp3) is 0.381. The summed E-state index contributed by atoms with van der Waals surface area (Å²) < 4.78 is 43.4. The van der Waals surface area contributed by atoms with Crippen molar-refractivity contribution in [2.45, 2.75) is 30.6 Å². The Kier molecular flexibility index (Phi) is 8.00. The molecule has 2 aromatic carbocycles. The summed E-state index contributed by atoms with van der Waals surface area (Å²) in [5.74, 6) is 1.38. The molecule has 10 heteroatoms. The number of carbonyl (C=O) groups is 1. The summed E-state index contributed by atoms with van der Waals surface area (Å²) in [6.45, 7) is 1.12. The summed E-state index contributed by atoms with van der Waals surface area (Å²) in [7, 11) is -2.11. The molecule has 168 valence electrons. The topological polar surface area (TPSA) is 103 Å². The maximum absolute atomic E-state index is 12.4. The number of hydrogen-bond donors (Lipinski definition) is 2. The molecule has 3 rings (SSSR count). The normalized spacial score (nSPS) is 13.0. The van der Waals surface area contributed by atoms with E-state index in [2.05, 4.69) is 10.0 Å². The van der Waals surface area contributed by atoms with Crippen LogP contribution in [0.1, 0.15) is 25.7 Å². The Morgan fingerprint density at radius 2 is 1.84 bits per heavy atom. The molecule has 0 fully saturated rings. The van der Waals surface area contributed by atoms with Crippen LogP contribution in [0.25, 0.3) is 0 Å². The summed E-state index contributed by atoms with van der Waals surface area (Å²) in [5.41, 5.74) is 0.600. The minimum Gasteiger partial charge on any atom is -0.495 e. The lowest BCUT2D eigenvalue weighted by atomic mass is 10.2. The van der Waals surface area contributed by atoms with Crippen LogP contribution < -0.4 is 24.2 Å². The minimum absolute atomic E-state index is 0.127. The monoisotopic (exact) mass is 468 g/mol. The van der Waals surface area contributed by atoms with Crippen LogP contribution in [0.15, 0.2) is 41.3 Å². The molecule has 1 aliphatic rings. The predicted molar refractivity (Wildman–Crippen MR) is 118 cm³/mol. The number of benzene rings is 2. The van der Waals surface area contributed by atoms with Crippen LogP contribution in [0.3, 0.4) is 0 Å². The molecule has 1 amide bonds. The number of carbonyl (C=O) groups excluding carboxylic acids is 1. The fourth-order valence-electron chi connectivity index (χ4n) is 3.04. The number of anilines is 1. The first-order valence-corrected chi connectivity index (χ1v) is 11.8. The van der Waals surface area contributed by atoms with Gasteiger partial charge < -0.3 is 19.5 Å². The second kappa shape index (κ2) is 10.7. The minimum atomic E-state index is -3.64. The van der Waals surface area contributed by atoms with Crippen molar-refractivity contribution in [1.82, 2.24) is 4.72 Å². The molecule has 0 aliphatic carbocycles. The Morgan fingerprint density at radius 1 is 1.06 bits per heavy atom. The highest BCUT2D eigenvalue weighted by molar-refractivity contribution is 7.89. The molecule has 0 saturated carbocycles. The number of halogens is 1. The standard InChI is InChI=1S/C21H25ClN2O6S/c1-28-18-8-6-15(13-17(18)22)24-21(25)5-3-2-4-10-23-31(26,27)16-7-9-19-20(14-16)30-12-11-29-19/h6-9,13-14,23H,2-5,10-12H2,1H3,(H,24,25). The van der Waals surface area contributed by atoms with E-state index in [9.17, 15) is 13.2 Å². The van der Waals surface area contributed by atoms with Gasteiger partial charge >= 0.3 is 0 Å². The molecule has 0 radical (unpaired) electrons. The van der Waals surface area contributed by atoms with Crippen molar-refractivity contribution < 1.29 is 27.4 Å². The number of amides is 1. The third kappa shape index (κ3) is 6.49. The first-order valence-electron chi connectivity index (χ1n) is 9.92. The van der Waals surface area contributed by atoms with Crippen molar-refractivity contribution in [2.75, 3.05) is 32.2 Å². The van der Waals surface area contributed by atoms with Gasteiger partial charge in [-0.25, -0.2) is 13.1 Å². The van der Waals surface area contributed by atoms with Gasteiger partial charge in [0.2, 0.25) is 15.9 Å². The highest BCUT2D eigenvalue weighted by Crippen LogP contribution is 2.32. The summed E-state index contributed by atoms with van der Waals surface area (Å²) >= 11 is 6.04. The van der Waals surface area contributed by atoms with Gasteiger partial charge in [0.25, 0.3) is 0 Å². The van der Waals surface area contributed by atoms with E-state index in [1.54, 1.807) is 24.3 Å². The summed E-state index contributed by atoms with van der Waals surface area (Å²) in [4.78, 5) is 12.2.